The molecule has 2 aromatic carbocycles. The standard InChI is InChI=1S/C23H32N2O5/c1-27-21-7-5-4-6-20(21)25-12-10-24(11-13-25)15-19(26)17-30-16-18-8-9-22(28-2)23(14-18)29-3/h4-9,14,19,26H,10-13,15-17H2,1-3H3/t19-/m1/s1. The molecule has 1 fully saturated rings. The summed E-state index contributed by atoms with van der Waals surface area (Å²) in [4.78, 5) is 4.60. The van der Waals surface area contributed by atoms with Crippen LogP contribution in [0.15, 0.2) is 42.5 Å². The summed E-state index contributed by atoms with van der Waals surface area (Å²) in [7, 11) is 4.92. The minimum atomic E-state index is -0.525. The lowest BCUT2D eigenvalue weighted by atomic mass is 10.2. The molecule has 1 atom stereocenters. The first-order chi connectivity index (χ1) is 14.6. The number of anilines is 1. The second-order valence-corrected chi connectivity index (χ2v) is 7.32. The first-order valence-electron chi connectivity index (χ1n) is 10.2. The molecule has 2 aromatic rings. The Morgan fingerprint density at radius 1 is 0.867 bits per heavy atom. The largest absolute Gasteiger partial charge is 0.495 e. The molecule has 0 aromatic heterocycles. The number of β-amino-alcohol motifs (C(OH)–C–C–N with tert-alkyl or cyclic N) is 1. The number of hydrogen-bond donors (Lipinski definition) is 1. The summed E-state index contributed by atoms with van der Waals surface area (Å²) in [6.07, 6.45) is -0.525. The van der Waals surface area contributed by atoms with Crippen LogP contribution in [0.25, 0.3) is 0 Å². The van der Waals surface area contributed by atoms with E-state index in [1.165, 1.54) is 0 Å². The predicted molar refractivity (Wildman–Crippen MR) is 117 cm³/mol. The molecule has 7 heteroatoms. The summed E-state index contributed by atoms with van der Waals surface area (Å²) in [5, 5.41) is 10.4. The van der Waals surface area contributed by atoms with Gasteiger partial charge in [-0.1, -0.05) is 18.2 Å². The first-order valence-corrected chi connectivity index (χ1v) is 10.2. The molecular formula is C23H32N2O5. The molecule has 1 aliphatic heterocycles. The van der Waals surface area contributed by atoms with Gasteiger partial charge >= 0.3 is 0 Å². The van der Waals surface area contributed by atoms with Gasteiger partial charge in [0.2, 0.25) is 0 Å². The van der Waals surface area contributed by atoms with Crippen LogP contribution in [-0.2, 0) is 11.3 Å². The maximum absolute atomic E-state index is 10.4. The third kappa shape index (κ3) is 5.78. The third-order valence-corrected chi connectivity index (χ3v) is 5.29. The topological polar surface area (TPSA) is 63.6 Å². The van der Waals surface area contributed by atoms with Gasteiger partial charge in [0.1, 0.15) is 5.75 Å². The molecule has 0 spiro atoms. The average Bonchev–Trinajstić information content (AvgIpc) is 2.79. The number of aliphatic hydroxyl groups excluding tert-OH is 1. The number of piperazine rings is 1. The van der Waals surface area contributed by atoms with Crippen LogP contribution in [0.3, 0.4) is 0 Å². The van der Waals surface area contributed by atoms with Crippen molar-refractivity contribution < 1.29 is 24.1 Å². The minimum Gasteiger partial charge on any atom is -0.495 e. The normalized spacial score (nSPS) is 15.7. The summed E-state index contributed by atoms with van der Waals surface area (Å²) >= 11 is 0. The van der Waals surface area contributed by atoms with Gasteiger partial charge in [-0.25, -0.2) is 0 Å². The predicted octanol–water partition coefficient (Wildman–Crippen LogP) is 2.41. The van der Waals surface area contributed by atoms with E-state index in [2.05, 4.69) is 15.9 Å². The number of hydrogen-bond acceptors (Lipinski definition) is 7. The molecule has 30 heavy (non-hydrogen) atoms. The number of benzene rings is 2. The molecule has 7 nitrogen and oxygen atoms in total. The molecule has 0 saturated carbocycles. The van der Waals surface area contributed by atoms with Crippen molar-refractivity contribution in [2.75, 3.05) is 65.6 Å². The molecule has 1 N–H and O–H groups in total. The Bertz CT molecular complexity index is 793. The van der Waals surface area contributed by atoms with E-state index in [0.717, 1.165) is 43.2 Å². The molecule has 0 bridgehead atoms. The fourth-order valence-electron chi connectivity index (χ4n) is 3.70. The van der Waals surface area contributed by atoms with Gasteiger partial charge in [-0.15, -0.1) is 0 Å². The van der Waals surface area contributed by atoms with Crippen LogP contribution >= 0.6 is 0 Å². The summed E-state index contributed by atoms with van der Waals surface area (Å²) in [6, 6.07) is 13.8. The lowest BCUT2D eigenvalue weighted by Gasteiger charge is -2.37. The van der Waals surface area contributed by atoms with Crippen molar-refractivity contribution >= 4 is 5.69 Å². The molecule has 1 saturated heterocycles. The highest BCUT2D eigenvalue weighted by atomic mass is 16.5. The van der Waals surface area contributed by atoms with Crippen molar-refractivity contribution in [2.45, 2.75) is 12.7 Å². The van der Waals surface area contributed by atoms with Crippen LogP contribution in [0.4, 0.5) is 5.69 Å². The maximum Gasteiger partial charge on any atom is 0.161 e. The van der Waals surface area contributed by atoms with Gasteiger partial charge in [-0.2, -0.15) is 0 Å². The quantitative estimate of drug-likeness (QED) is 0.638. The number of methoxy groups -OCH3 is 3. The Morgan fingerprint density at radius 3 is 2.27 bits per heavy atom. The van der Waals surface area contributed by atoms with Crippen molar-refractivity contribution in [1.82, 2.24) is 4.90 Å². The van der Waals surface area contributed by atoms with Gasteiger partial charge in [0.05, 0.1) is 46.3 Å². The van der Waals surface area contributed by atoms with Gasteiger partial charge in [0, 0.05) is 32.7 Å². The van der Waals surface area contributed by atoms with Gasteiger partial charge in [-0.05, 0) is 29.8 Å². The molecule has 1 aliphatic rings. The van der Waals surface area contributed by atoms with E-state index in [0.29, 0.717) is 31.3 Å². The molecule has 0 aliphatic carbocycles. The van der Waals surface area contributed by atoms with Crippen molar-refractivity contribution in [3.8, 4) is 17.2 Å². The Morgan fingerprint density at radius 2 is 1.57 bits per heavy atom. The van der Waals surface area contributed by atoms with Crippen molar-refractivity contribution in [1.29, 1.82) is 0 Å². The zero-order valence-corrected chi connectivity index (χ0v) is 18.0. The van der Waals surface area contributed by atoms with E-state index in [4.69, 9.17) is 18.9 Å². The van der Waals surface area contributed by atoms with Gasteiger partial charge < -0.3 is 29.0 Å². The molecule has 164 valence electrons. The lowest BCUT2D eigenvalue weighted by Crippen LogP contribution is -2.49. The highest BCUT2D eigenvalue weighted by molar-refractivity contribution is 5.58. The highest BCUT2D eigenvalue weighted by Gasteiger charge is 2.21. The monoisotopic (exact) mass is 416 g/mol. The van der Waals surface area contributed by atoms with Crippen LogP contribution in [0.5, 0.6) is 17.2 Å². The molecular weight excluding hydrogens is 384 g/mol. The van der Waals surface area contributed by atoms with Crippen LogP contribution in [0, 0.1) is 0 Å². The average molecular weight is 417 g/mol. The molecule has 0 amide bonds. The Labute approximate surface area is 178 Å². The van der Waals surface area contributed by atoms with Crippen molar-refractivity contribution in [3.05, 3.63) is 48.0 Å². The lowest BCUT2D eigenvalue weighted by molar-refractivity contribution is 0.00908. The van der Waals surface area contributed by atoms with E-state index in [1.807, 2.05) is 36.4 Å². The van der Waals surface area contributed by atoms with E-state index in [-0.39, 0.29) is 0 Å². The molecule has 1 heterocycles. The number of aliphatic hydroxyl groups is 1. The summed E-state index contributed by atoms with van der Waals surface area (Å²) < 4.78 is 21.7. The van der Waals surface area contributed by atoms with E-state index >= 15 is 0 Å². The van der Waals surface area contributed by atoms with E-state index < -0.39 is 6.10 Å². The fraction of sp³-hybridized carbons (Fsp3) is 0.478. The van der Waals surface area contributed by atoms with Gasteiger partial charge in [-0.3, -0.25) is 4.90 Å². The molecule has 0 radical (unpaired) electrons. The van der Waals surface area contributed by atoms with Crippen LogP contribution < -0.4 is 19.1 Å². The summed E-state index contributed by atoms with van der Waals surface area (Å²) in [5.41, 5.74) is 2.10. The van der Waals surface area contributed by atoms with Gasteiger partial charge in [0.25, 0.3) is 0 Å². The van der Waals surface area contributed by atoms with Crippen molar-refractivity contribution in [2.24, 2.45) is 0 Å². The van der Waals surface area contributed by atoms with E-state index in [1.54, 1.807) is 21.3 Å². The number of nitrogens with zero attached hydrogens (tertiary/aromatic N) is 2. The zero-order chi connectivity index (χ0) is 21.3. The third-order valence-electron chi connectivity index (χ3n) is 5.29. The highest BCUT2D eigenvalue weighted by Crippen LogP contribution is 2.29. The van der Waals surface area contributed by atoms with E-state index in [9.17, 15) is 5.11 Å². The number of ether oxygens (including phenoxy) is 4. The maximum atomic E-state index is 10.4. The first kappa shape index (κ1) is 22.2. The zero-order valence-electron chi connectivity index (χ0n) is 18.0. The molecule has 3 rings (SSSR count). The SMILES string of the molecule is COc1ccc(COC[C@H](O)CN2CCN(c3ccccc3OC)CC2)cc1OC. The van der Waals surface area contributed by atoms with Crippen LogP contribution in [-0.4, -0.2) is 76.8 Å². The summed E-state index contributed by atoms with van der Waals surface area (Å²) in [6.45, 7) is 4.90. The van der Waals surface area contributed by atoms with Gasteiger partial charge in [0.15, 0.2) is 11.5 Å². The van der Waals surface area contributed by atoms with Crippen LogP contribution in [0.1, 0.15) is 5.56 Å². The Kier molecular flexibility index (Phi) is 8.19. The van der Waals surface area contributed by atoms with Crippen LogP contribution in [0.2, 0.25) is 0 Å². The minimum absolute atomic E-state index is 0.293. The molecule has 0 unspecified atom stereocenters. The fourth-order valence-corrected chi connectivity index (χ4v) is 3.70. The van der Waals surface area contributed by atoms with Crippen molar-refractivity contribution in [3.63, 3.8) is 0 Å². The Hall–Kier alpha value is -2.48. The number of para-hydroxylation sites is 2. The number of rotatable bonds is 10. The second-order valence-electron chi connectivity index (χ2n) is 7.32. The summed E-state index contributed by atoms with van der Waals surface area (Å²) in [5.74, 6) is 2.26. The Balaban J connectivity index is 1.40. The second kappa shape index (κ2) is 11.1. The smallest absolute Gasteiger partial charge is 0.161 e.